The molecule has 0 saturated carbocycles. The summed E-state index contributed by atoms with van der Waals surface area (Å²) in [6, 6.07) is 18.7. The van der Waals surface area contributed by atoms with Crippen LogP contribution in [0, 0.1) is 0 Å². The third kappa shape index (κ3) is 8.80. The van der Waals surface area contributed by atoms with Crippen molar-refractivity contribution in [1.82, 2.24) is 0 Å². The van der Waals surface area contributed by atoms with Gasteiger partial charge >= 0.3 is 0 Å². The van der Waals surface area contributed by atoms with Gasteiger partial charge < -0.3 is 22.3 Å². The number of nitrogens with two attached hydrogens (primary N) is 2. The van der Waals surface area contributed by atoms with Gasteiger partial charge in [-0.25, -0.2) is 0 Å². The third-order valence-corrected chi connectivity index (χ3v) is 7.64. The van der Waals surface area contributed by atoms with Gasteiger partial charge in [0.2, 0.25) is 5.91 Å². The molecule has 252 valence electrons. The van der Waals surface area contributed by atoms with E-state index in [0.717, 1.165) is 0 Å². The van der Waals surface area contributed by atoms with Crippen LogP contribution in [-0.4, -0.2) is 52.1 Å². The number of ketones is 5. The van der Waals surface area contributed by atoms with Crippen LogP contribution in [0.4, 0.5) is 17.1 Å². The van der Waals surface area contributed by atoms with E-state index in [4.69, 9.17) is 57.9 Å². The van der Waals surface area contributed by atoms with Crippen LogP contribution in [-0.2, 0) is 16.0 Å². The normalized spacial score (nSPS) is 11.9. The molecule has 0 saturated heterocycles. The molecule has 0 atom stereocenters. The van der Waals surface area contributed by atoms with Gasteiger partial charge in [-0.2, -0.15) is 0 Å². The summed E-state index contributed by atoms with van der Waals surface area (Å²) in [5, 5.41) is 2.55. The molecule has 0 fully saturated rings. The Morgan fingerprint density at radius 2 is 0.980 bits per heavy atom. The second kappa shape index (κ2) is 16.5. The van der Waals surface area contributed by atoms with Gasteiger partial charge in [0.25, 0.3) is 0 Å². The molecule has 0 spiro atoms. The second-order valence-electron chi connectivity index (χ2n) is 10.4. The second-order valence-corrected chi connectivity index (χ2v) is 12.1. The number of rotatable bonds is 5. The summed E-state index contributed by atoms with van der Waals surface area (Å²) in [7, 11) is 0. The van der Waals surface area contributed by atoms with Crippen molar-refractivity contribution in [3.8, 4) is 0 Å². The zero-order chi connectivity index (χ0) is 35.3. The van der Waals surface area contributed by atoms with Crippen molar-refractivity contribution in [1.29, 1.82) is 0 Å². The minimum atomic E-state index is -0.407. The van der Waals surface area contributed by atoms with E-state index in [-0.39, 0.29) is 79.3 Å². The van der Waals surface area contributed by atoms with Crippen molar-refractivity contribution >= 4 is 98.3 Å². The van der Waals surface area contributed by atoms with E-state index in [0.29, 0.717) is 44.9 Å². The largest absolute Gasteiger partial charge is 0.412 e. The fourth-order valence-corrected chi connectivity index (χ4v) is 5.20. The van der Waals surface area contributed by atoms with Crippen molar-refractivity contribution in [2.45, 2.75) is 6.42 Å². The first-order chi connectivity index (χ1) is 22.7. The fraction of sp³-hybridized carbons (Fsp3) is 0.0857. The quantitative estimate of drug-likeness (QED) is 0.147. The Morgan fingerprint density at radius 1 is 0.592 bits per heavy atom. The first-order valence-electron chi connectivity index (χ1n) is 13.9. The number of nitrogen functional groups attached to an aromatic ring is 2. The van der Waals surface area contributed by atoms with Gasteiger partial charge in [0, 0.05) is 68.0 Å². The Kier molecular flexibility index (Phi) is 13.0. The highest BCUT2D eigenvalue weighted by Crippen LogP contribution is 2.31. The molecule has 7 N–H and O–H groups in total. The van der Waals surface area contributed by atoms with E-state index < -0.39 is 5.91 Å². The summed E-state index contributed by atoms with van der Waals surface area (Å²) in [6.45, 7) is 3.09. The van der Waals surface area contributed by atoms with Crippen molar-refractivity contribution < 1.29 is 34.2 Å². The lowest BCUT2D eigenvalue weighted by molar-refractivity contribution is -0.116. The molecule has 14 heteroatoms. The number of Topliss-reactive ketones (excluding diaryl/α,β-unsaturated/α-hetero) is 1. The lowest BCUT2D eigenvalue weighted by atomic mass is 9.83. The van der Waals surface area contributed by atoms with Gasteiger partial charge in [0.1, 0.15) is 5.88 Å². The summed E-state index contributed by atoms with van der Waals surface area (Å²) in [5.41, 5.74) is 15.7. The number of amides is 1. The lowest BCUT2D eigenvalue weighted by Gasteiger charge is -2.19. The standard InChI is InChI=1S/C19H13Cl2NO4.C14H10N2O2.C2H2Cl2.H2O/c20-8-12(23)5-10-1-3-13-15(6-10)18(25)14-4-2-11(22-17(24)9-21)7-16(14)19(13)26;15-7-1-3-9-11(5-7)14(18)10-4-2-8(16)6-12(10)13(9)17;1-2(3)4;/h1-4,6-7H,5,8-9H2,(H,22,24);1-6H,15-16H2;1H2;1H2. The zero-order valence-corrected chi connectivity index (χ0v) is 28.4. The highest BCUT2D eigenvalue weighted by molar-refractivity contribution is 6.55. The topological polar surface area (TPSA) is 198 Å². The molecule has 4 aromatic rings. The Labute approximate surface area is 300 Å². The molecule has 0 heterocycles. The highest BCUT2D eigenvalue weighted by atomic mass is 35.5. The number of benzene rings is 4. The van der Waals surface area contributed by atoms with Gasteiger partial charge in [-0.05, 0) is 66.2 Å². The van der Waals surface area contributed by atoms with Crippen LogP contribution in [0.25, 0.3) is 0 Å². The number of carbonyl (C=O) groups excluding carboxylic acids is 6. The maximum atomic E-state index is 12.8. The molecule has 0 aliphatic heterocycles. The van der Waals surface area contributed by atoms with Crippen LogP contribution in [0.3, 0.4) is 0 Å². The Bertz CT molecular complexity index is 1900. The van der Waals surface area contributed by atoms with Crippen LogP contribution in [0.2, 0.25) is 0 Å². The number of nitrogens with one attached hydrogen (secondary N) is 1. The first-order valence-corrected chi connectivity index (χ1v) is 15.8. The zero-order valence-electron chi connectivity index (χ0n) is 25.4. The van der Waals surface area contributed by atoms with Crippen LogP contribution < -0.4 is 16.8 Å². The molecule has 0 unspecified atom stereocenters. The highest BCUT2D eigenvalue weighted by Gasteiger charge is 2.31. The summed E-state index contributed by atoms with van der Waals surface area (Å²) < 4.78 is 0.111. The van der Waals surface area contributed by atoms with Gasteiger partial charge in [-0.15, -0.1) is 23.2 Å². The molecule has 0 bridgehead atoms. The Morgan fingerprint density at radius 3 is 1.41 bits per heavy atom. The lowest BCUT2D eigenvalue weighted by Crippen LogP contribution is -2.22. The number of anilines is 3. The van der Waals surface area contributed by atoms with E-state index in [1.165, 1.54) is 24.3 Å². The van der Waals surface area contributed by atoms with Crippen LogP contribution in [0.1, 0.15) is 69.2 Å². The van der Waals surface area contributed by atoms with Crippen LogP contribution >= 0.6 is 46.4 Å². The number of hydrogen-bond acceptors (Lipinski definition) is 8. The van der Waals surface area contributed by atoms with Crippen molar-refractivity contribution in [3.05, 3.63) is 134 Å². The maximum absolute atomic E-state index is 12.8. The van der Waals surface area contributed by atoms with E-state index in [2.05, 4.69) is 11.9 Å². The van der Waals surface area contributed by atoms with E-state index in [9.17, 15) is 28.8 Å². The number of carbonyl (C=O) groups is 6. The number of fused-ring (bicyclic) bond motifs is 4. The van der Waals surface area contributed by atoms with Gasteiger partial charge in [-0.1, -0.05) is 41.9 Å². The van der Waals surface area contributed by atoms with Crippen LogP contribution in [0.5, 0.6) is 0 Å². The summed E-state index contributed by atoms with van der Waals surface area (Å²) in [5.74, 6) is -1.88. The SMILES string of the molecule is C=C(Cl)Cl.Nc1ccc2c(c1)C(=O)c1ccc(N)cc1C2=O.O.O=C(CCl)Cc1ccc2c(c1)C(=O)c1ccc(NC(=O)CCl)cc1C2=O. The van der Waals surface area contributed by atoms with E-state index in [1.54, 1.807) is 48.5 Å². The monoisotopic (exact) mass is 741 g/mol. The van der Waals surface area contributed by atoms with E-state index >= 15 is 0 Å². The van der Waals surface area contributed by atoms with Crippen molar-refractivity contribution in [2.75, 3.05) is 28.5 Å². The summed E-state index contributed by atoms with van der Waals surface area (Å²) in [4.78, 5) is 73.0. The maximum Gasteiger partial charge on any atom is 0.239 e. The minimum Gasteiger partial charge on any atom is -0.412 e. The molecule has 10 nitrogen and oxygen atoms in total. The predicted octanol–water partition coefficient (Wildman–Crippen LogP) is 5.73. The third-order valence-electron chi connectivity index (χ3n) is 7.10. The smallest absolute Gasteiger partial charge is 0.239 e. The molecular weight excluding hydrogens is 716 g/mol. The predicted molar refractivity (Wildman–Crippen MR) is 192 cm³/mol. The average molecular weight is 743 g/mol. The minimum absolute atomic E-state index is 0. The number of halogens is 4. The molecule has 0 aromatic heterocycles. The molecule has 49 heavy (non-hydrogen) atoms. The molecule has 2 aliphatic rings. The van der Waals surface area contributed by atoms with Gasteiger partial charge in [-0.3, -0.25) is 28.8 Å². The fourth-order valence-electron chi connectivity index (χ4n) is 5.04. The molecular formula is C35H27Cl4N3O7. The molecule has 4 aromatic carbocycles. The Hall–Kier alpha value is -4.84. The van der Waals surface area contributed by atoms with Gasteiger partial charge in [0.05, 0.1) is 10.4 Å². The molecule has 1 amide bonds. The number of hydrogen-bond donors (Lipinski definition) is 3. The Balaban J connectivity index is 0.000000246. The van der Waals surface area contributed by atoms with Crippen molar-refractivity contribution in [2.24, 2.45) is 0 Å². The molecule has 0 radical (unpaired) electrons. The average Bonchev–Trinajstić information content (AvgIpc) is 3.06. The van der Waals surface area contributed by atoms with E-state index in [1.807, 2.05) is 0 Å². The number of alkyl halides is 2. The van der Waals surface area contributed by atoms with Crippen molar-refractivity contribution in [3.63, 3.8) is 0 Å². The summed E-state index contributed by atoms with van der Waals surface area (Å²) >= 11 is 20.7. The van der Waals surface area contributed by atoms with Crippen LogP contribution in [0.15, 0.2) is 83.9 Å². The molecule has 6 rings (SSSR count). The summed E-state index contributed by atoms with van der Waals surface area (Å²) in [6.07, 6.45) is 0.106. The molecule has 2 aliphatic carbocycles. The first kappa shape index (κ1) is 38.6. The van der Waals surface area contributed by atoms with Gasteiger partial charge in [0.15, 0.2) is 28.9 Å².